The van der Waals surface area contributed by atoms with Crippen molar-refractivity contribution < 1.29 is 31.2 Å². The molecule has 0 spiro atoms. The molecule has 0 N–H and O–H groups in total. The molecular weight excluding hydrogens is 435 g/mol. The molecule has 0 unspecified atom stereocenters. The predicted octanol–water partition coefficient (Wildman–Crippen LogP) is 1.67. The molecule has 1 aromatic carbocycles. The van der Waals surface area contributed by atoms with Crippen LogP contribution in [0.5, 0.6) is 0 Å². The molecule has 1 aromatic rings. The number of hydrogen-bond acceptors (Lipinski definition) is 4. The van der Waals surface area contributed by atoms with Gasteiger partial charge in [0.2, 0.25) is 21.8 Å². The number of sulfonamides is 1. The second-order valence-corrected chi connectivity index (χ2v) is 9.39. The first kappa shape index (κ1) is 21.8. The zero-order valence-electron chi connectivity index (χ0n) is 15.4. The summed E-state index contributed by atoms with van der Waals surface area (Å²) in [6, 6.07) is 2.46. The molecule has 0 bridgehead atoms. The van der Waals surface area contributed by atoms with Crippen LogP contribution in [-0.4, -0.2) is 74.1 Å². The maximum atomic E-state index is 13.0. The van der Waals surface area contributed by atoms with Gasteiger partial charge in [0.15, 0.2) is 0 Å². The lowest BCUT2D eigenvalue weighted by Gasteiger charge is -2.35. The maximum Gasteiger partial charge on any atom is 0.417 e. The molecule has 2 fully saturated rings. The van der Waals surface area contributed by atoms with E-state index in [4.69, 9.17) is 11.6 Å². The third-order valence-corrected chi connectivity index (χ3v) is 7.35. The van der Waals surface area contributed by atoms with E-state index in [1.165, 1.54) is 9.80 Å². The van der Waals surface area contributed by atoms with Crippen LogP contribution in [0.15, 0.2) is 23.1 Å². The Labute approximate surface area is 171 Å². The van der Waals surface area contributed by atoms with Gasteiger partial charge in [0.25, 0.3) is 0 Å². The summed E-state index contributed by atoms with van der Waals surface area (Å²) in [6.07, 6.45) is -4.65. The highest BCUT2D eigenvalue weighted by atomic mass is 35.5. The summed E-state index contributed by atoms with van der Waals surface area (Å²) < 4.78 is 65.7. The summed E-state index contributed by atoms with van der Waals surface area (Å²) in [7, 11) is -2.56. The van der Waals surface area contributed by atoms with Gasteiger partial charge < -0.3 is 9.80 Å². The number of nitrogens with zero attached hydrogens (tertiary/aromatic N) is 3. The van der Waals surface area contributed by atoms with E-state index in [1.54, 1.807) is 7.05 Å². The molecule has 12 heteroatoms. The average Bonchev–Trinajstić information content (AvgIpc) is 2.99. The molecule has 0 aromatic heterocycles. The van der Waals surface area contributed by atoms with E-state index in [-0.39, 0.29) is 44.4 Å². The number of carbonyl (C=O) groups excluding carboxylic acids is 2. The van der Waals surface area contributed by atoms with E-state index in [0.29, 0.717) is 12.6 Å². The van der Waals surface area contributed by atoms with Crippen molar-refractivity contribution in [3.05, 3.63) is 28.8 Å². The summed E-state index contributed by atoms with van der Waals surface area (Å²) in [5.74, 6) is -0.792. The van der Waals surface area contributed by atoms with Crippen molar-refractivity contribution in [1.82, 2.24) is 14.1 Å². The Morgan fingerprint density at radius 2 is 1.79 bits per heavy atom. The number of carbonyl (C=O) groups is 2. The quantitative estimate of drug-likeness (QED) is 0.697. The second kappa shape index (κ2) is 7.77. The Balaban J connectivity index is 1.70. The topological polar surface area (TPSA) is 78.0 Å². The zero-order valence-corrected chi connectivity index (χ0v) is 17.0. The van der Waals surface area contributed by atoms with E-state index >= 15 is 0 Å². The first-order valence-electron chi connectivity index (χ1n) is 8.81. The van der Waals surface area contributed by atoms with Gasteiger partial charge in [0, 0.05) is 46.2 Å². The number of piperazine rings is 1. The van der Waals surface area contributed by atoms with E-state index in [1.807, 2.05) is 0 Å². The van der Waals surface area contributed by atoms with Crippen molar-refractivity contribution in [1.29, 1.82) is 0 Å². The van der Waals surface area contributed by atoms with Gasteiger partial charge in [-0.1, -0.05) is 11.6 Å². The molecular formula is C17H19ClF3N3O4S. The second-order valence-electron chi connectivity index (χ2n) is 7.04. The highest BCUT2D eigenvalue weighted by Crippen LogP contribution is 2.36. The van der Waals surface area contributed by atoms with Crippen molar-refractivity contribution in [2.45, 2.75) is 17.5 Å². The summed E-state index contributed by atoms with van der Waals surface area (Å²) in [6.45, 7) is 0.433. The Kier molecular flexibility index (Phi) is 5.85. The molecule has 160 valence electrons. The van der Waals surface area contributed by atoms with Gasteiger partial charge >= 0.3 is 6.18 Å². The number of halogens is 4. The van der Waals surface area contributed by atoms with E-state index in [0.717, 1.165) is 16.4 Å². The van der Waals surface area contributed by atoms with Crippen LogP contribution in [0, 0.1) is 5.92 Å². The highest BCUT2D eigenvalue weighted by molar-refractivity contribution is 7.89. The van der Waals surface area contributed by atoms with Crippen LogP contribution >= 0.6 is 11.6 Å². The molecule has 2 heterocycles. The fourth-order valence-corrected chi connectivity index (χ4v) is 5.14. The van der Waals surface area contributed by atoms with Crippen LogP contribution < -0.4 is 0 Å². The van der Waals surface area contributed by atoms with Crippen molar-refractivity contribution in [2.75, 3.05) is 39.8 Å². The van der Waals surface area contributed by atoms with Gasteiger partial charge in [-0.3, -0.25) is 9.59 Å². The van der Waals surface area contributed by atoms with Gasteiger partial charge in [0.05, 0.1) is 21.4 Å². The fourth-order valence-electron chi connectivity index (χ4n) is 3.47. The molecule has 0 saturated carbocycles. The van der Waals surface area contributed by atoms with Crippen molar-refractivity contribution in [3.8, 4) is 0 Å². The largest absolute Gasteiger partial charge is 0.417 e. The third kappa shape index (κ3) is 4.36. The Morgan fingerprint density at radius 3 is 2.31 bits per heavy atom. The van der Waals surface area contributed by atoms with Crippen LogP contribution in [0.3, 0.4) is 0 Å². The lowest BCUT2D eigenvalue weighted by molar-refractivity contribution is -0.138. The lowest BCUT2D eigenvalue weighted by Crippen LogP contribution is -2.52. The number of likely N-dealkylation sites (tertiary alicyclic amines) is 1. The zero-order chi connectivity index (χ0) is 21.6. The van der Waals surface area contributed by atoms with Crippen LogP contribution in [-0.2, 0) is 25.8 Å². The van der Waals surface area contributed by atoms with E-state index < -0.39 is 37.6 Å². The van der Waals surface area contributed by atoms with Crippen molar-refractivity contribution in [2.24, 2.45) is 5.92 Å². The van der Waals surface area contributed by atoms with Crippen molar-refractivity contribution >= 4 is 33.4 Å². The number of rotatable bonds is 3. The minimum Gasteiger partial charge on any atom is -0.345 e. The van der Waals surface area contributed by atoms with Crippen LogP contribution in [0.25, 0.3) is 0 Å². The number of hydrogen-bond donors (Lipinski definition) is 0. The summed E-state index contributed by atoms with van der Waals surface area (Å²) in [5, 5.41) is -0.581. The molecule has 2 saturated heterocycles. The summed E-state index contributed by atoms with van der Waals surface area (Å²) in [4.78, 5) is 26.6. The Bertz CT molecular complexity index is 930. The molecule has 1 atom stereocenters. The number of benzene rings is 1. The minimum absolute atomic E-state index is 0.0471. The van der Waals surface area contributed by atoms with Gasteiger partial charge in [0.1, 0.15) is 0 Å². The van der Waals surface area contributed by atoms with E-state index in [9.17, 15) is 31.2 Å². The average molecular weight is 454 g/mol. The normalized spacial score (nSPS) is 21.7. The van der Waals surface area contributed by atoms with Gasteiger partial charge in [-0.15, -0.1) is 0 Å². The summed E-state index contributed by atoms with van der Waals surface area (Å²) in [5.41, 5.74) is -1.22. The maximum absolute atomic E-state index is 13.0. The number of amides is 2. The molecule has 0 radical (unpaired) electrons. The lowest BCUT2D eigenvalue weighted by atomic mass is 10.1. The van der Waals surface area contributed by atoms with Crippen LogP contribution in [0.4, 0.5) is 13.2 Å². The molecule has 2 amide bonds. The standard InChI is InChI=1S/C17H19ClF3N3O4S/c1-22-10-11(8-15(22)25)16(26)23-4-6-24(7-5-23)29(27,28)12-2-3-14(18)13(9-12)17(19,20)21/h2-3,9,11H,4-8,10H2,1H3/t11-/m0/s1. The van der Waals surface area contributed by atoms with E-state index in [2.05, 4.69) is 0 Å². The SMILES string of the molecule is CN1C[C@@H](C(=O)N2CCN(S(=O)(=O)c3ccc(Cl)c(C(F)(F)F)c3)CC2)CC1=O. The predicted molar refractivity (Wildman–Crippen MR) is 97.5 cm³/mol. The monoisotopic (exact) mass is 453 g/mol. The molecule has 29 heavy (non-hydrogen) atoms. The first-order chi connectivity index (χ1) is 13.4. The first-order valence-corrected chi connectivity index (χ1v) is 10.6. The summed E-state index contributed by atoms with van der Waals surface area (Å²) >= 11 is 5.55. The number of alkyl halides is 3. The third-order valence-electron chi connectivity index (χ3n) is 5.12. The molecule has 0 aliphatic carbocycles. The molecule has 2 aliphatic rings. The minimum atomic E-state index is -4.78. The molecule has 3 rings (SSSR count). The van der Waals surface area contributed by atoms with Crippen LogP contribution in [0.1, 0.15) is 12.0 Å². The van der Waals surface area contributed by atoms with Gasteiger partial charge in [-0.25, -0.2) is 8.42 Å². The van der Waals surface area contributed by atoms with Gasteiger partial charge in [-0.2, -0.15) is 17.5 Å². The van der Waals surface area contributed by atoms with Crippen LogP contribution in [0.2, 0.25) is 5.02 Å². The molecule has 7 nitrogen and oxygen atoms in total. The smallest absolute Gasteiger partial charge is 0.345 e. The van der Waals surface area contributed by atoms with Crippen molar-refractivity contribution in [3.63, 3.8) is 0 Å². The molecule has 2 aliphatic heterocycles. The Morgan fingerprint density at radius 1 is 1.17 bits per heavy atom. The fraction of sp³-hybridized carbons (Fsp3) is 0.529. The Hall–Kier alpha value is -1.85. The van der Waals surface area contributed by atoms with Gasteiger partial charge in [-0.05, 0) is 18.2 Å². The highest BCUT2D eigenvalue weighted by Gasteiger charge is 2.38.